The third kappa shape index (κ3) is 2.85. The summed E-state index contributed by atoms with van der Waals surface area (Å²) < 4.78 is 5.80. The highest BCUT2D eigenvalue weighted by molar-refractivity contribution is 5.77. The number of hydrogen-bond donors (Lipinski definition) is 1. The number of furan rings is 1. The molecule has 0 radical (unpaired) electrons. The summed E-state index contributed by atoms with van der Waals surface area (Å²) in [5.41, 5.74) is 8.40. The van der Waals surface area contributed by atoms with Gasteiger partial charge in [0.2, 0.25) is 0 Å². The zero-order valence-corrected chi connectivity index (χ0v) is 10.8. The molecular weight excluding hydrogens is 234 g/mol. The van der Waals surface area contributed by atoms with Gasteiger partial charge in [0.15, 0.2) is 0 Å². The lowest BCUT2D eigenvalue weighted by Gasteiger charge is -2.09. The maximum atomic E-state index is 6.20. The van der Waals surface area contributed by atoms with E-state index in [2.05, 4.69) is 24.3 Å². The van der Waals surface area contributed by atoms with Crippen molar-refractivity contribution >= 4 is 11.0 Å². The average Bonchev–Trinajstić information content (AvgIpc) is 2.81. The Morgan fingerprint density at radius 1 is 0.895 bits per heavy atom. The Kier molecular flexibility index (Phi) is 3.34. The quantitative estimate of drug-likeness (QED) is 0.770. The molecule has 0 saturated carbocycles. The van der Waals surface area contributed by atoms with Gasteiger partial charge in [0, 0.05) is 17.8 Å². The minimum atomic E-state index is 0.0861. The molecule has 0 aliphatic heterocycles. The summed E-state index contributed by atoms with van der Waals surface area (Å²) in [7, 11) is 0. The molecule has 2 nitrogen and oxygen atoms in total. The van der Waals surface area contributed by atoms with E-state index >= 15 is 0 Å². The highest BCUT2D eigenvalue weighted by atomic mass is 16.3. The summed E-state index contributed by atoms with van der Waals surface area (Å²) >= 11 is 0. The van der Waals surface area contributed by atoms with Crippen molar-refractivity contribution in [3.63, 3.8) is 0 Å². The van der Waals surface area contributed by atoms with E-state index in [0.717, 1.165) is 29.6 Å². The van der Waals surface area contributed by atoms with Crippen molar-refractivity contribution in [2.45, 2.75) is 18.9 Å². The van der Waals surface area contributed by atoms with E-state index in [1.54, 1.807) is 0 Å². The van der Waals surface area contributed by atoms with Gasteiger partial charge >= 0.3 is 0 Å². The molecule has 0 bridgehead atoms. The highest BCUT2D eigenvalue weighted by Crippen LogP contribution is 2.20. The van der Waals surface area contributed by atoms with E-state index < -0.39 is 0 Å². The van der Waals surface area contributed by atoms with Crippen molar-refractivity contribution in [3.05, 3.63) is 72.0 Å². The standard InChI is InChI=1S/C17H17NO/c18-15(10-13-6-2-1-3-7-13)12-16-11-14-8-4-5-9-17(14)19-16/h1-9,11,15H,10,12,18H2. The molecule has 1 aromatic heterocycles. The number of fused-ring (bicyclic) bond motifs is 1. The van der Waals surface area contributed by atoms with Gasteiger partial charge in [-0.25, -0.2) is 0 Å². The number of para-hydroxylation sites is 1. The lowest BCUT2D eigenvalue weighted by molar-refractivity contribution is 0.512. The summed E-state index contributed by atoms with van der Waals surface area (Å²) in [6, 6.07) is 20.6. The van der Waals surface area contributed by atoms with Crippen LogP contribution in [-0.4, -0.2) is 6.04 Å². The van der Waals surface area contributed by atoms with Crippen LogP contribution < -0.4 is 5.73 Å². The first-order valence-electron chi connectivity index (χ1n) is 6.58. The molecule has 0 fully saturated rings. The lowest BCUT2D eigenvalue weighted by atomic mass is 10.0. The van der Waals surface area contributed by atoms with Crippen LogP contribution in [0.15, 0.2) is 65.1 Å². The van der Waals surface area contributed by atoms with Crippen LogP contribution in [0, 0.1) is 0 Å². The minimum absolute atomic E-state index is 0.0861. The van der Waals surface area contributed by atoms with Crippen LogP contribution in [0.5, 0.6) is 0 Å². The van der Waals surface area contributed by atoms with Crippen molar-refractivity contribution in [2.24, 2.45) is 5.73 Å². The van der Waals surface area contributed by atoms with Gasteiger partial charge in [0.05, 0.1) is 0 Å². The van der Waals surface area contributed by atoms with Crippen LogP contribution in [0.25, 0.3) is 11.0 Å². The molecule has 3 aromatic rings. The monoisotopic (exact) mass is 251 g/mol. The fraction of sp³-hybridized carbons (Fsp3) is 0.176. The maximum Gasteiger partial charge on any atom is 0.134 e. The Balaban J connectivity index is 1.70. The van der Waals surface area contributed by atoms with E-state index in [0.29, 0.717) is 0 Å². The number of nitrogens with two attached hydrogens (primary N) is 1. The Hall–Kier alpha value is -2.06. The molecule has 1 atom stereocenters. The smallest absolute Gasteiger partial charge is 0.134 e. The number of benzene rings is 2. The van der Waals surface area contributed by atoms with Gasteiger partial charge in [0.1, 0.15) is 11.3 Å². The highest BCUT2D eigenvalue weighted by Gasteiger charge is 2.09. The lowest BCUT2D eigenvalue weighted by Crippen LogP contribution is -2.25. The molecule has 19 heavy (non-hydrogen) atoms. The van der Waals surface area contributed by atoms with Gasteiger partial charge < -0.3 is 10.2 Å². The molecule has 0 aliphatic rings. The molecule has 2 aromatic carbocycles. The molecule has 2 N–H and O–H groups in total. The Morgan fingerprint density at radius 3 is 2.42 bits per heavy atom. The van der Waals surface area contributed by atoms with Crippen LogP contribution in [-0.2, 0) is 12.8 Å². The molecular formula is C17H17NO. The van der Waals surface area contributed by atoms with Crippen molar-refractivity contribution in [2.75, 3.05) is 0 Å². The van der Waals surface area contributed by atoms with Crippen molar-refractivity contribution in [3.8, 4) is 0 Å². The SMILES string of the molecule is NC(Cc1ccccc1)Cc1cc2ccccc2o1. The molecule has 96 valence electrons. The van der Waals surface area contributed by atoms with Gasteiger partial charge in [-0.1, -0.05) is 48.5 Å². The summed E-state index contributed by atoms with van der Waals surface area (Å²) in [5.74, 6) is 0.963. The number of rotatable bonds is 4. The minimum Gasteiger partial charge on any atom is -0.461 e. The molecule has 3 rings (SSSR count). The second-order valence-electron chi connectivity index (χ2n) is 4.90. The largest absolute Gasteiger partial charge is 0.461 e. The first-order chi connectivity index (χ1) is 9.31. The van der Waals surface area contributed by atoms with Crippen molar-refractivity contribution in [1.29, 1.82) is 0 Å². The molecule has 0 spiro atoms. The van der Waals surface area contributed by atoms with Crippen LogP contribution >= 0.6 is 0 Å². The number of hydrogen-bond acceptors (Lipinski definition) is 2. The van der Waals surface area contributed by atoms with Gasteiger partial charge in [-0.05, 0) is 24.1 Å². The van der Waals surface area contributed by atoms with Gasteiger partial charge in [-0.15, -0.1) is 0 Å². The van der Waals surface area contributed by atoms with E-state index in [9.17, 15) is 0 Å². The van der Waals surface area contributed by atoms with Crippen LogP contribution in [0.4, 0.5) is 0 Å². The first kappa shape index (κ1) is 12.0. The van der Waals surface area contributed by atoms with Crippen LogP contribution in [0.3, 0.4) is 0 Å². The third-order valence-electron chi connectivity index (χ3n) is 3.28. The Morgan fingerprint density at radius 2 is 1.63 bits per heavy atom. The average molecular weight is 251 g/mol. The topological polar surface area (TPSA) is 39.2 Å². The van der Waals surface area contributed by atoms with E-state index in [-0.39, 0.29) is 6.04 Å². The predicted octanol–water partition coefficient (Wildman–Crippen LogP) is 3.55. The summed E-state index contributed by atoms with van der Waals surface area (Å²) in [6.45, 7) is 0. The second kappa shape index (κ2) is 5.29. The summed E-state index contributed by atoms with van der Waals surface area (Å²) in [6.07, 6.45) is 1.64. The second-order valence-corrected chi connectivity index (χ2v) is 4.90. The van der Waals surface area contributed by atoms with E-state index in [1.165, 1.54) is 5.56 Å². The summed E-state index contributed by atoms with van der Waals surface area (Å²) in [4.78, 5) is 0. The van der Waals surface area contributed by atoms with Gasteiger partial charge in [-0.3, -0.25) is 0 Å². The molecule has 0 aliphatic carbocycles. The first-order valence-corrected chi connectivity index (χ1v) is 6.58. The van der Waals surface area contributed by atoms with Crippen molar-refractivity contribution < 1.29 is 4.42 Å². The molecule has 0 amide bonds. The van der Waals surface area contributed by atoms with Crippen LogP contribution in [0.1, 0.15) is 11.3 Å². The van der Waals surface area contributed by atoms with E-state index in [4.69, 9.17) is 10.2 Å². The predicted molar refractivity (Wildman–Crippen MR) is 78.0 cm³/mol. The normalized spacial score (nSPS) is 12.7. The van der Waals surface area contributed by atoms with E-state index in [1.807, 2.05) is 36.4 Å². The van der Waals surface area contributed by atoms with Gasteiger partial charge in [-0.2, -0.15) is 0 Å². The zero-order chi connectivity index (χ0) is 13.1. The van der Waals surface area contributed by atoms with Crippen molar-refractivity contribution in [1.82, 2.24) is 0 Å². The molecule has 0 saturated heterocycles. The summed E-state index contributed by atoms with van der Waals surface area (Å²) in [5, 5.41) is 1.14. The Bertz CT molecular complexity index is 624. The third-order valence-corrected chi connectivity index (χ3v) is 3.28. The fourth-order valence-corrected chi connectivity index (χ4v) is 2.38. The fourth-order valence-electron chi connectivity index (χ4n) is 2.38. The molecule has 1 unspecified atom stereocenters. The van der Waals surface area contributed by atoms with Gasteiger partial charge in [0.25, 0.3) is 0 Å². The Labute approximate surface area is 112 Å². The zero-order valence-electron chi connectivity index (χ0n) is 10.8. The molecule has 2 heteroatoms. The molecule has 1 heterocycles. The van der Waals surface area contributed by atoms with Crippen LogP contribution in [0.2, 0.25) is 0 Å². The maximum absolute atomic E-state index is 6.20.